The van der Waals surface area contributed by atoms with E-state index >= 15 is 0 Å². The summed E-state index contributed by atoms with van der Waals surface area (Å²) in [6.07, 6.45) is 4.07. The van der Waals surface area contributed by atoms with E-state index in [1.54, 1.807) is 31.2 Å². The third-order valence-corrected chi connectivity index (χ3v) is 7.95. The molecular weight excluding hydrogens is 454 g/mol. The lowest BCUT2D eigenvalue weighted by Crippen LogP contribution is -2.46. The molecule has 0 spiro atoms. The zero-order valence-corrected chi connectivity index (χ0v) is 20.4. The molecule has 0 amide bonds. The second kappa shape index (κ2) is 9.72. The average molecular weight is 484 g/mol. The van der Waals surface area contributed by atoms with Gasteiger partial charge in [-0.2, -0.15) is 4.72 Å². The first kappa shape index (κ1) is 24.2. The highest BCUT2D eigenvalue weighted by atomic mass is 32.2. The number of carbonyl (C=O) groups is 1. The highest BCUT2D eigenvalue weighted by Gasteiger charge is 2.31. The van der Waals surface area contributed by atoms with Crippen LogP contribution in [0.2, 0.25) is 0 Å². The Labute approximate surface area is 199 Å². The second-order valence-electron chi connectivity index (χ2n) is 8.93. The molecule has 1 aromatic heterocycles. The van der Waals surface area contributed by atoms with Crippen molar-refractivity contribution < 1.29 is 22.4 Å². The summed E-state index contributed by atoms with van der Waals surface area (Å²) in [5, 5.41) is 0.840. The zero-order valence-electron chi connectivity index (χ0n) is 19.6. The molecule has 1 heterocycles. The van der Waals surface area contributed by atoms with Crippen LogP contribution >= 0.6 is 0 Å². The van der Waals surface area contributed by atoms with Crippen LogP contribution in [0.1, 0.15) is 49.8 Å². The molecule has 1 aliphatic carbocycles. The van der Waals surface area contributed by atoms with E-state index in [9.17, 15) is 18.0 Å². The van der Waals surface area contributed by atoms with E-state index in [4.69, 9.17) is 9.15 Å². The van der Waals surface area contributed by atoms with E-state index in [1.165, 1.54) is 18.2 Å². The van der Waals surface area contributed by atoms with E-state index in [1.807, 2.05) is 13.8 Å². The molecule has 8 heteroatoms. The number of rotatable bonds is 7. The van der Waals surface area contributed by atoms with Crippen molar-refractivity contribution in [1.82, 2.24) is 4.72 Å². The maximum absolute atomic E-state index is 13.1. The molecule has 34 heavy (non-hydrogen) atoms. The Balaban J connectivity index is 1.60. The minimum absolute atomic E-state index is 0.0801. The highest BCUT2D eigenvalue weighted by molar-refractivity contribution is 7.89. The monoisotopic (exact) mass is 483 g/mol. The number of aryl methyl sites for hydroxylation is 2. The van der Waals surface area contributed by atoms with Crippen LogP contribution in [0.5, 0.6) is 5.75 Å². The molecule has 0 aliphatic heterocycles. The van der Waals surface area contributed by atoms with Gasteiger partial charge < -0.3 is 9.15 Å². The van der Waals surface area contributed by atoms with Gasteiger partial charge in [0.25, 0.3) is 0 Å². The number of esters is 1. The fourth-order valence-electron chi connectivity index (χ4n) is 4.25. The van der Waals surface area contributed by atoms with Gasteiger partial charge in [-0.3, -0.25) is 0 Å². The predicted molar refractivity (Wildman–Crippen MR) is 130 cm³/mol. The van der Waals surface area contributed by atoms with Gasteiger partial charge in [-0.15, -0.1) is 0 Å². The summed E-state index contributed by atoms with van der Waals surface area (Å²) in [4.78, 5) is 25.6. The predicted octanol–water partition coefficient (Wildman–Crippen LogP) is 4.28. The lowest BCUT2D eigenvalue weighted by atomic mass is 9.91. The van der Waals surface area contributed by atoms with Crippen molar-refractivity contribution in [3.63, 3.8) is 0 Å². The van der Waals surface area contributed by atoms with Crippen molar-refractivity contribution >= 4 is 27.0 Å². The van der Waals surface area contributed by atoms with Gasteiger partial charge in [-0.25, -0.2) is 18.0 Å². The number of benzene rings is 2. The number of ether oxygens (including phenoxy) is 1. The van der Waals surface area contributed by atoms with Crippen LogP contribution in [0.25, 0.3) is 11.0 Å². The normalized spacial score (nSPS) is 15.5. The largest absolute Gasteiger partial charge is 0.425 e. The average Bonchev–Trinajstić information content (AvgIpc) is 2.82. The van der Waals surface area contributed by atoms with Gasteiger partial charge in [0.15, 0.2) is 0 Å². The van der Waals surface area contributed by atoms with Crippen molar-refractivity contribution in [2.24, 2.45) is 5.92 Å². The lowest BCUT2D eigenvalue weighted by molar-refractivity contribution is -0.137. The molecule has 7 nitrogen and oxygen atoms in total. The fourth-order valence-corrected chi connectivity index (χ4v) is 5.55. The summed E-state index contributed by atoms with van der Waals surface area (Å²) in [6, 6.07) is 10.3. The molecule has 2 aromatic carbocycles. The zero-order chi connectivity index (χ0) is 24.5. The first-order valence-corrected chi connectivity index (χ1v) is 13.1. The molecule has 0 saturated heterocycles. The van der Waals surface area contributed by atoms with Crippen molar-refractivity contribution in [3.05, 3.63) is 69.6 Å². The first-order chi connectivity index (χ1) is 16.2. The number of carbonyl (C=O) groups excluding carboxylic acids is 1. The molecule has 0 radical (unpaired) electrons. The summed E-state index contributed by atoms with van der Waals surface area (Å²) in [5.41, 5.74) is 2.66. The topological polar surface area (TPSA) is 103 Å². The summed E-state index contributed by atoms with van der Waals surface area (Å²) in [5.74, 6) is -0.831. The maximum Gasteiger partial charge on any atom is 0.339 e. The number of fused-ring (bicyclic) bond motifs is 3. The molecule has 2 atom stereocenters. The first-order valence-electron chi connectivity index (χ1n) is 11.6. The van der Waals surface area contributed by atoms with Crippen LogP contribution in [-0.2, 0) is 27.7 Å². The van der Waals surface area contributed by atoms with Crippen molar-refractivity contribution in [2.75, 3.05) is 0 Å². The van der Waals surface area contributed by atoms with Crippen LogP contribution < -0.4 is 15.1 Å². The van der Waals surface area contributed by atoms with Gasteiger partial charge in [0.05, 0.1) is 4.90 Å². The van der Waals surface area contributed by atoms with Crippen molar-refractivity contribution in [3.8, 4) is 5.75 Å². The van der Waals surface area contributed by atoms with Crippen molar-refractivity contribution in [2.45, 2.75) is 63.8 Å². The van der Waals surface area contributed by atoms with Crippen LogP contribution in [0.15, 0.2) is 56.6 Å². The van der Waals surface area contributed by atoms with Crippen LogP contribution in [0.3, 0.4) is 0 Å². The molecule has 180 valence electrons. The van der Waals surface area contributed by atoms with E-state index < -0.39 is 22.0 Å². The van der Waals surface area contributed by atoms with Gasteiger partial charge in [-0.05, 0) is 68.4 Å². The Kier molecular flexibility index (Phi) is 6.91. The Morgan fingerprint density at radius 1 is 1.09 bits per heavy atom. The summed E-state index contributed by atoms with van der Waals surface area (Å²) >= 11 is 0. The molecule has 4 rings (SSSR count). The summed E-state index contributed by atoms with van der Waals surface area (Å²) in [6.45, 7) is 5.53. The Bertz CT molecular complexity index is 1370. The number of nitrogens with one attached hydrogen (secondary N) is 1. The van der Waals surface area contributed by atoms with Gasteiger partial charge in [0.1, 0.15) is 17.4 Å². The lowest BCUT2D eigenvalue weighted by Gasteiger charge is -2.22. The highest BCUT2D eigenvalue weighted by Crippen LogP contribution is 2.29. The minimum atomic E-state index is -3.93. The van der Waals surface area contributed by atoms with Crippen LogP contribution in [0, 0.1) is 12.8 Å². The molecule has 0 bridgehead atoms. The third-order valence-electron chi connectivity index (χ3n) is 6.49. The van der Waals surface area contributed by atoms with Gasteiger partial charge >= 0.3 is 11.6 Å². The number of sulfonamides is 1. The van der Waals surface area contributed by atoms with E-state index in [0.717, 1.165) is 41.3 Å². The van der Waals surface area contributed by atoms with Gasteiger partial charge in [-0.1, -0.05) is 38.0 Å². The number of hydrogen-bond acceptors (Lipinski definition) is 6. The SMILES string of the molecule is CC[C@@H](C)[C@H](NS(=O)(=O)c1ccc(C)cc1)C(=O)Oc1ccc2c3c(c(=O)oc2c1)CCCC3. The quantitative estimate of drug-likeness (QED) is 0.306. The summed E-state index contributed by atoms with van der Waals surface area (Å²) < 4.78 is 39.4. The Hall–Kier alpha value is -2.97. The Morgan fingerprint density at radius 2 is 1.76 bits per heavy atom. The van der Waals surface area contributed by atoms with Gasteiger partial charge in [0, 0.05) is 17.0 Å². The number of hydrogen-bond donors (Lipinski definition) is 1. The molecule has 0 unspecified atom stereocenters. The smallest absolute Gasteiger partial charge is 0.339 e. The van der Waals surface area contributed by atoms with Crippen molar-refractivity contribution in [1.29, 1.82) is 0 Å². The Morgan fingerprint density at radius 3 is 2.44 bits per heavy atom. The molecule has 0 saturated carbocycles. The summed E-state index contributed by atoms with van der Waals surface area (Å²) in [7, 11) is -3.93. The molecule has 1 N–H and O–H groups in total. The minimum Gasteiger partial charge on any atom is -0.425 e. The van der Waals surface area contributed by atoms with Crippen LogP contribution in [0.4, 0.5) is 0 Å². The molecular formula is C26H29NO6S. The van der Waals surface area contributed by atoms with E-state index in [2.05, 4.69) is 4.72 Å². The molecule has 1 aliphatic rings. The maximum atomic E-state index is 13.1. The molecule has 0 fully saturated rings. The van der Waals surface area contributed by atoms with E-state index in [0.29, 0.717) is 18.4 Å². The van der Waals surface area contributed by atoms with Crippen LogP contribution in [-0.4, -0.2) is 20.4 Å². The fraction of sp³-hybridized carbons (Fsp3) is 0.385. The van der Waals surface area contributed by atoms with Gasteiger partial charge in [0.2, 0.25) is 10.0 Å². The standard InChI is InChI=1S/C26H29NO6S/c1-4-17(3)24(27-34(30,31)19-12-9-16(2)10-13-19)26(29)32-18-11-14-21-20-7-5-6-8-22(20)25(28)33-23(21)15-18/h9-15,17,24,27H,4-8H2,1-3H3/t17-,24+/m1/s1. The molecule has 3 aromatic rings. The third kappa shape index (κ3) is 4.93. The van der Waals surface area contributed by atoms with E-state index in [-0.39, 0.29) is 22.2 Å². The second-order valence-corrected chi connectivity index (χ2v) is 10.6.